The van der Waals surface area contributed by atoms with Crippen molar-refractivity contribution in [3.63, 3.8) is 0 Å². The maximum absolute atomic E-state index is 10.7. The summed E-state index contributed by atoms with van der Waals surface area (Å²) in [6.45, 7) is 10.1. The molecule has 0 radical (unpaired) electrons. The molecular weight excluding hydrogens is 341 g/mol. The predicted octanol–water partition coefficient (Wildman–Crippen LogP) is 3.25. The van der Waals surface area contributed by atoms with Crippen LogP contribution in [0.5, 0.6) is 5.75 Å². The van der Waals surface area contributed by atoms with E-state index >= 15 is 0 Å². The molecular formula is C21H26BNO4. The summed E-state index contributed by atoms with van der Waals surface area (Å²) in [5.41, 5.74) is 2.64. The number of hydrogen-bond donors (Lipinski definition) is 1. The van der Waals surface area contributed by atoms with Gasteiger partial charge in [0.25, 0.3) is 0 Å². The Hall–Kier alpha value is -1.89. The second-order valence-corrected chi connectivity index (χ2v) is 8.45. The Labute approximate surface area is 160 Å². The molecule has 142 valence electrons. The molecule has 2 aliphatic heterocycles. The van der Waals surface area contributed by atoms with E-state index in [0.717, 1.165) is 22.4 Å². The van der Waals surface area contributed by atoms with E-state index in [1.807, 2.05) is 71.0 Å². The average Bonchev–Trinajstić information content (AvgIpc) is 2.82. The van der Waals surface area contributed by atoms with Crippen LogP contribution in [0.4, 0.5) is 0 Å². The maximum atomic E-state index is 10.7. The van der Waals surface area contributed by atoms with Crippen LogP contribution in [0, 0.1) is 6.92 Å². The van der Waals surface area contributed by atoms with Gasteiger partial charge in [-0.25, -0.2) is 0 Å². The van der Waals surface area contributed by atoms with Gasteiger partial charge in [-0.05, 0) is 58.3 Å². The Bertz CT molecular complexity index is 851. The number of aryl methyl sites for hydroxylation is 1. The van der Waals surface area contributed by atoms with Gasteiger partial charge in [-0.2, -0.15) is 0 Å². The standard InChI is InChI=1S/C21H26BNO4/c1-13-7-6-8-16(23-13)19-12-17(24)15-11-14(9-10-18(15)25-19)22-26-20(2,3)21(4,5)27-22/h6-11,17,19,24H,12H2,1-5H3. The zero-order chi connectivity index (χ0) is 19.4. The van der Waals surface area contributed by atoms with Crippen LogP contribution < -0.4 is 10.2 Å². The largest absolute Gasteiger partial charge is 0.494 e. The second-order valence-electron chi connectivity index (χ2n) is 8.45. The van der Waals surface area contributed by atoms with Crippen molar-refractivity contribution in [2.75, 3.05) is 0 Å². The van der Waals surface area contributed by atoms with Crippen molar-refractivity contribution >= 4 is 12.6 Å². The molecule has 1 aromatic heterocycles. The zero-order valence-electron chi connectivity index (χ0n) is 16.5. The lowest BCUT2D eigenvalue weighted by Crippen LogP contribution is -2.41. The summed E-state index contributed by atoms with van der Waals surface area (Å²) in [7, 11) is -0.455. The van der Waals surface area contributed by atoms with E-state index in [2.05, 4.69) is 4.98 Å². The van der Waals surface area contributed by atoms with E-state index in [0.29, 0.717) is 12.2 Å². The van der Waals surface area contributed by atoms with Crippen LogP contribution in [0.15, 0.2) is 36.4 Å². The first kappa shape index (κ1) is 18.5. The van der Waals surface area contributed by atoms with Gasteiger partial charge in [0.2, 0.25) is 0 Å². The van der Waals surface area contributed by atoms with E-state index < -0.39 is 24.4 Å². The molecule has 2 aliphatic rings. The van der Waals surface area contributed by atoms with Crippen LogP contribution >= 0.6 is 0 Å². The zero-order valence-corrected chi connectivity index (χ0v) is 16.5. The molecule has 0 amide bonds. The van der Waals surface area contributed by atoms with E-state index in [4.69, 9.17) is 14.0 Å². The fourth-order valence-corrected chi connectivity index (χ4v) is 3.52. The Kier molecular flexibility index (Phi) is 4.33. The molecule has 4 rings (SSSR count). The molecule has 2 unspecified atom stereocenters. The summed E-state index contributed by atoms with van der Waals surface area (Å²) >= 11 is 0. The molecule has 6 heteroatoms. The van der Waals surface area contributed by atoms with Gasteiger partial charge in [-0.3, -0.25) is 4.98 Å². The maximum Gasteiger partial charge on any atom is 0.494 e. The molecule has 2 atom stereocenters. The van der Waals surface area contributed by atoms with Crippen LogP contribution in [0.2, 0.25) is 0 Å². The van der Waals surface area contributed by atoms with Crippen molar-refractivity contribution in [2.24, 2.45) is 0 Å². The minimum Gasteiger partial charge on any atom is -0.484 e. The molecule has 2 aromatic rings. The summed E-state index contributed by atoms with van der Waals surface area (Å²) < 4.78 is 18.4. The fraction of sp³-hybridized carbons (Fsp3) is 0.476. The highest BCUT2D eigenvalue weighted by Crippen LogP contribution is 2.41. The predicted molar refractivity (Wildman–Crippen MR) is 104 cm³/mol. The fourth-order valence-electron chi connectivity index (χ4n) is 3.52. The number of fused-ring (bicyclic) bond motifs is 1. The van der Waals surface area contributed by atoms with Gasteiger partial charge in [0.1, 0.15) is 11.9 Å². The van der Waals surface area contributed by atoms with Crippen molar-refractivity contribution in [3.05, 3.63) is 53.3 Å². The number of aromatic nitrogens is 1. The number of ether oxygens (including phenoxy) is 1. The van der Waals surface area contributed by atoms with Crippen molar-refractivity contribution < 1.29 is 19.2 Å². The molecule has 1 saturated heterocycles. The van der Waals surface area contributed by atoms with E-state index in [1.165, 1.54) is 0 Å². The highest BCUT2D eigenvalue weighted by atomic mass is 16.7. The normalized spacial score (nSPS) is 25.8. The number of aliphatic hydroxyl groups is 1. The van der Waals surface area contributed by atoms with Crippen LogP contribution in [0.3, 0.4) is 0 Å². The molecule has 1 fully saturated rings. The highest BCUT2D eigenvalue weighted by molar-refractivity contribution is 6.62. The molecule has 1 N–H and O–H groups in total. The van der Waals surface area contributed by atoms with Crippen molar-refractivity contribution in [1.82, 2.24) is 4.98 Å². The Balaban J connectivity index is 1.60. The number of hydrogen-bond acceptors (Lipinski definition) is 5. The summed E-state index contributed by atoms with van der Waals surface area (Å²) in [4.78, 5) is 4.54. The Morgan fingerprint density at radius 2 is 1.78 bits per heavy atom. The molecule has 27 heavy (non-hydrogen) atoms. The Morgan fingerprint density at radius 3 is 2.44 bits per heavy atom. The van der Waals surface area contributed by atoms with Crippen LogP contribution in [-0.4, -0.2) is 28.4 Å². The lowest BCUT2D eigenvalue weighted by Gasteiger charge is -2.32. The van der Waals surface area contributed by atoms with Crippen molar-refractivity contribution in [1.29, 1.82) is 0 Å². The third kappa shape index (κ3) is 3.26. The van der Waals surface area contributed by atoms with E-state index in [1.54, 1.807) is 0 Å². The van der Waals surface area contributed by atoms with Gasteiger partial charge in [-0.1, -0.05) is 18.2 Å². The van der Waals surface area contributed by atoms with Crippen LogP contribution in [0.1, 0.15) is 63.3 Å². The van der Waals surface area contributed by atoms with Crippen LogP contribution in [-0.2, 0) is 9.31 Å². The summed E-state index contributed by atoms with van der Waals surface area (Å²) in [6.07, 6.45) is -0.408. The first-order valence-electron chi connectivity index (χ1n) is 9.44. The molecule has 3 heterocycles. The second kappa shape index (κ2) is 6.33. The number of rotatable bonds is 2. The lowest BCUT2D eigenvalue weighted by molar-refractivity contribution is 0.00578. The summed E-state index contributed by atoms with van der Waals surface area (Å²) in [5, 5.41) is 10.7. The van der Waals surface area contributed by atoms with Gasteiger partial charge in [0, 0.05) is 17.7 Å². The number of aliphatic hydroxyl groups excluding tert-OH is 1. The molecule has 0 bridgehead atoms. The smallest absolute Gasteiger partial charge is 0.484 e. The Morgan fingerprint density at radius 1 is 1.07 bits per heavy atom. The molecule has 0 saturated carbocycles. The van der Waals surface area contributed by atoms with Gasteiger partial charge in [0.15, 0.2) is 0 Å². The van der Waals surface area contributed by atoms with Crippen molar-refractivity contribution in [2.45, 2.75) is 64.4 Å². The van der Waals surface area contributed by atoms with E-state index in [9.17, 15) is 5.11 Å². The third-order valence-electron chi connectivity index (χ3n) is 5.86. The first-order valence-corrected chi connectivity index (χ1v) is 9.44. The monoisotopic (exact) mass is 367 g/mol. The average molecular weight is 367 g/mol. The van der Waals surface area contributed by atoms with Crippen molar-refractivity contribution in [3.8, 4) is 5.75 Å². The molecule has 0 spiro atoms. The number of nitrogens with zero attached hydrogens (tertiary/aromatic N) is 1. The summed E-state index contributed by atoms with van der Waals surface area (Å²) in [5.74, 6) is 0.683. The van der Waals surface area contributed by atoms with Gasteiger partial charge in [-0.15, -0.1) is 0 Å². The summed E-state index contributed by atoms with van der Waals surface area (Å²) in [6, 6.07) is 11.6. The van der Waals surface area contributed by atoms with Gasteiger partial charge < -0.3 is 19.2 Å². The van der Waals surface area contributed by atoms with Crippen LogP contribution in [0.25, 0.3) is 0 Å². The minimum absolute atomic E-state index is 0.255. The SMILES string of the molecule is Cc1cccc(C2CC(O)c3cc(B4OC(C)(C)C(C)(C)O4)ccc3O2)n1. The number of benzene rings is 1. The van der Waals surface area contributed by atoms with Gasteiger partial charge in [0.05, 0.1) is 23.0 Å². The minimum atomic E-state index is -0.622. The molecule has 1 aromatic carbocycles. The topological polar surface area (TPSA) is 60.8 Å². The van der Waals surface area contributed by atoms with Gasteiger partial charge >= 0.3 is 7.12 Å². The molecule has 5 nitrogen and oxygen atoms in total. The quantitative estimate of drug-likeness (QED) is 0.826. The first-order chi connectivity index (χ1) is 12.7. The van der Waals surface area contributed by atoms with E-state index in [-0.39, 0.29) is 6.10 Å². The highest BCUT2D eigenvalue weighted by Gasteiger charge is 2.51. The lowest BCUT2D eigenvalue weighted by atomic mass is 9.77. The molecule has 0 aliphatic carbocycles. The third-order valence-corrected chi connectivity index (χ3v) is 5.86. The number of pyridine rings is 1.